The molecule has 0 spiro atoms. The molecule has 2 aromatic rings. The molecule has 0 bridgehead atoms. The summed E-state index contributed by atoms with van der Waals surface area (Å²) in [5.41, 5.74) is 1.38. The minimum absolute atomic E-state index is 0.123. The van der Waals surface area contributed by atoms with Crippen molar-refractivity contribution in [2.24, 2.45) is 0 Å². The maximum atomic E-state index is 11.7. The fourth-order valence-electron chi connectivity index (χ4n) is 2.32. The number of aromatic nitrogens is 3. The lowest BCUT2D eigenvalue weighted by Crippen LogP contribution is -2.36. The van der Waals surface area contributed by atoms with Crippen LogP contribution in [-0.4, -0.2) is 38.1 Å². The Balaban J connectivity index is 1.50. The van der Waals surface area contributed by atoms with Gasteiger partial charge in [0.05, 0.1) is 18.1 Å². The van der Waals surface area contributed by atoms with Crippen molar-refractivity contribution in [1.29, 1.82) is 0 Å². The van der Waals surface area contributed by atoms with Crippen molar-refractivity contribution >= 4 is 27.7 Å². The van der Waals surface area contributed by atoms with Crippen molar-refractivity contribution < 1.29 is 9.53 Å². The Morgan fingerprint density at radius 1 is 1.39 bits per heavy atom. The number of ether oxygens (including phenoxy) is 1. The molecular formula is C15H20BrN5O2. The van der Waals surface area contributed by atoms with Gasteiger partial charge in [-0.15, -0.1) is 0 Å². The number of imidazole rings is 1. The fourth-order valence-corrected chi connectivity index (χ4v) is 2.63. The molecule has 2 N–H and O–H groups in total. The van der Waals surface area contributed by atoms with E-state index in [0.29, 0.717) is 6.54 Å². The molecule has 2 unspecified atom stereocenters. The van der Waals surface area contributed by atoms with Gasteiger partial charge in [0.1, 0.15) is 10.2 Å². The van der Waals surface area contributed by atoms with E-state index in [1.807, 2.05) is 37.6 Å². The minimum Gasteiger partial charge on any atom is -0.444 e. The van der Waals surface area contributed by atoms with Gasteiger partial charge in [0, 0.05) is 24.8 Å². The first kappa shape index (κ1) is 16.2. The highest BCUT2D eigenvalue weighted by Gasteiger charge is 2.39. The number of carbonyl (C=O) groups is 1. The summed E-state index contributed by atoms with van der Waals surface area (Å²) in [5.74, 6) is 0. The monoisotopic (exact) mass is 381 g/mol. The van der Waals surface area contributed by atoms with Crippen LogP contribution in [0, 0.1) is 0 Å². The van der Waals surface area contributed by atoms with E-state index >= 15 is 0 Å². The summed E-state index contributed by atoms with van der Waals surface area (Å²) < 4.78 is 8.01. The number of hydrogen-bond acceptors (Lipinski definition) is 5. The van der Waals surface area contributed by atoms with Crippen LogP contribution in [0.5, 0.6) is 0 Å². The molecule has 1 aliphatic carbocycles. The molecule has 1 aliphatic rings. The van der Waals surface area contributed by atoms with Gasteiger partial charge in [0.15, 0.2) is 5.65 Å². The molecule has 0 aromatic carbocycles. The maximum Gasteiger partial charge on any atom is 0.407 e. The SMILES string of the molecule is CC(C)(C)OC(=O)NC1CC1NCc1cnc2cnc(Br)cn12. The molecule has 2 heterocycles. The second-order valence-electron chi connectivity index (χ2n) is 6.66. The Morgan fingerprint density at radius 3 is 2.91 bits per heavy atom. The second-order valence-corrected chi connectivity index (χ2v) is 7.48. The Kier molecular flexibility index (Phi) is 4.29. The van der Waals surface area contributed by atoms with Gasteiger partial charge in [-0.05, 0) is 43.1 Å². The van der Waals surface area contributed by atoms with E-state index in [1.165, 1.54) is 0 Å². The first-order valence-electron chi connectivity index (χ1n) is 7.52. The van der Waals surface area contributed by atoms with Gasteiger partial charge in [-0.1, -0.05) is 0 Å². The van der Waals surface area contributed by atoms with E-state index in [0.717, 1.165) is 22.4 Å². The number of amides is 1. The number of nitrogens with zero attached hydrogens (tertiary/aromatic N) is 3. The number of halogens is 1. The van der Waals surface area contributed by atoms with Gasteiger partial charge >= 0.3 is 6.09 Å². The van der Waals surface area contributed by atoms with Crippen molar-refractivity contribution in [3.63, 3.8) is 0 Å². The zero-order valence-electron chi connectivity index (χ0n) is 13.3. The molecule has 0 aliphatic heterocycles. The van der Waals surface area contributed by atoms with Crippen molar-refractivity contribution in [3.8, 4) is 0 Å². The highest BCUT2D eigenvalue weighted by Crippen LogP contribution is 2.22. The lowest BCUT2D eigenvalue weighted by Gasteiger charge is -2.19. The number of alkyl carbamates (subject to hydrolysis) is 1. The third-order valence-electron chi connectivity index (χ3n) is 3.48. The number of carbonyl (C=O) groups excluding carboxylic acids is 1. The molecule has 1 amide bonds. The summed E-state index contributed by atoms with van der Waals surface area (Å²) in [7, 11) is 0. The molecule has 0 radical (unpaired) electrons. The molecule has 124 valence electrons. The normalized spacial score (nSPS) is 20.5. The molecule has 23 heavy (non-hydrogen) atoms. The standard InChI is InChI=1S/C15H20BrN5O2/c1-15(2,3)23-14(22)20-11-4-10(11)17-5-9-6-19-13-7-18-12(16)8-21(9)13/h6-8,10-11,17H,4-5H2,1-3H3,(H,20,22). The minimum atomic E-state index is -0.472. The van der Waals surface area contributed by atoms with Crippen LogP contribution in [0.4, 0.5) is 4.79 Å². The van der Waals surface area contributed by atoms with Crippen molar-refractivity contribution in [1.82, 2.24) is 25.0 Å². The third-order valence-corrected chi connectivity index (χ3v) is 3.89. The van der Waals surface area contributed by atoms with Crippen LogP contribution in [0.2, 0.25) is 0 Å². The van der Waals surface area contributed by atoms with Crippen LogP contribution in [0.25, 0.3) is 5.65 Å². The third kappa shape index (κ3) is 4.20. The first-order valence-corrected chi connectivity index (χ1v) is 8.31. The number of hydrogen-bond donors (Lipinski definition) is 2. The summed E-state index contributed by atoms with van der Waals surface area (Å²) >= 11 is 3.36. The maximum absolute atomic E-state index is 11.7. The van der Waals surface area contributed by atoms with E-state index in [2.05, 4.69) is 36.5 Å². The molecule has 7 nitrogen and oxygen atoms in total. The average molecular weight is 382 g/mol. The van der Waals surface area contributed by atoms with Crippen LogP contribution in [0.3, 0.4) is 0 Å². The molecular weight excluding hydrogens is 362 g/mol. The summed E-state index contributed by atoms with van der Waals surface area (Å²) in [6, 6.07) is 0.385. The summed E-state index contributed by atoms with van der Waals surface area (Å²) in [4.78, 5) is 20.2. The summed E-state index contributed by atoms with van der Waals surface area (Å²) in [5, 5.41) is 6.30. The molecule has 2 aromatic heterocycles. The van der Waals surface area contributed by atoms with Crippen molar-refractivity contribution in [2.75, 3.05) is 0 Å². The van der Waals surface area contributed by atoms with Gasteiger partial charge in [-0.25, -0.2) is 14.8 Å². The zero-order valence-corrected chi connectivity index (χ0v) is 14.9. The van der Waals surface area contributed by atoms with E-state index in [9.17, 15) is 4.79 Å². The Hall–Kier alpha value is -1.67. The van der Waals surface area contributed by atoms with Gasteiger partial charge in [-0.3, -0.25) is 4.40 Å². The number of fused-ring (bicyclic) bond motifs is 1. The molecule has 1 saturated carbocycles. The predicted octanol–water partition coefficient (Wildman–Crippen LogP) is 2.25. The molecule has 1 fully saturated rings. The largest absolute Gasteiger partial charge is 0.444 e. The number of nitrogens with one attached hydrogen (secondary N) is 2. The van der Waals surface area contributed by atoms with Crippen LogP contribution >= 0.6 is 15.9 Å². The molecule has 3 rings (SSSR count). The summed E-state index contributed by atoms with van der Waals surface area (Å²) in [6.07, 6.45) is 5.98. The highest BCUT2D eigenvalue weighted by molar-refractivity contribution is 9.10. The lowest BCUT2D eigenvalue weighted by atomic mass is 10.2. The average Bonchev–Trinajstić information content (AvgIpc) is 3.03. The molecule has 2 atom stereocenters. The van der Waals surface area contributed by atoms with Crippen LogP contribution in [-0.2, 0) is 11.3 Å². The quantitative estimate of drug-likeness (QED) is 0.848. The van der Waals surface area contributed by atoms with Crippen LogP contribution in [0.15, 0.2) is 23.2 Å². The Morgan fingerprint density at radius 2 is 2.17 bits per heavy atom. The van der Waals surface area contributed by atoms with Gasteiger partial charge in [-0.2, -0.15) is 0 Å². The smallest absolute Gasteiger partial charge is 0.407 e. The van der Waals surface area contributed by atoms with Gasteiger partial charge in [0.2, 0.25) is 0 Å². The van der Waals surface area contributed by atoms with Gasteiger partial charge in [0.25, 0.3) is 0 Å². The van der Waals surface area contributed by atoms with Crippen molar-refractivity contribution in [3.05, 3.63) is 28.9 Å². The van der Waals surface area contributed by atoms with E-state index in [-0.39, 0.29) is 18.2 Å². The molecule has 0 saturated heterocycles. The van der Waals surface area contributed by atoms with E-state index < -0.39 is 5.60 Å². The van der Waals surface area contributed by atoms with Crippen LogP contribution < -0.4 is 10.6 Å². The molecule has 8 heteroatoms. The van der Waals surface area contributed by atoms with E-state index in [4.69, 9.17) is 4.74 Å². The second kappa shape index (κ2) is 6.09. The van der Waals surface area contributed by atoms with Gasteiger partial charge < -0.3 is 15.4 Å². The fraction of sp³-hybridized carbons (Fsp3) is 0.533. The van der Waals surface area contributed by atoms with E-state index in [1.54, 1.807) is 6.20 Å². The first-order chi connectivity index (χ1) is 10.8. The number of rotatable bonds is 4. The van der Waals surface area contributed by atoms with Crippen molar-refractivity contribution in [2.45, 2.75) is 51.4 Å². The Bertz CT molecular complexity index is 724. The highest BCUT2D eigenvalue weighted by atomic mass is 79.9. The predicted molar refractivity (Wildman–Crippen MR) is 89.1 cm³/mol. The summed E-state index contributed by atoms with van der Waals surface area (Å²) in [6.45, 7) is 6.24. The Labute approximate surface area is 143 Å². The zero-order chi connectivity index (χ0) is 16.6. The lowest BCUT2D eigenvalue weighted by molar-refractivity contribution is 0.0522. The van der Waals surface area contributed by atoms with Crippen LogP contribution in [0.1, 0.15) is 32.9 Å². The topological polar surface area (TPSA) is 80.5 Å².